The van der Waals surface area contributed by atoms with Gasteiger partial charge in [0.2, 0.25) is 0 Å². The lowest BCUT2D eigenvalue weighted by atomic mass is 9.77. The van der Waals surface area contributed by atoms with E-state index in [9.17, 15) is 10.2 Å². The topological polar surface area (TPSA) is 56.2 Å². The summed E-state index contributed by atoms with van der Waals surface area (Å²) in [5.74, 6) is 0.739. The number of aliphatic hydroxyl groups is 2. The van der Waals surface area contributed by atoms with Crippen molar-refractivity contribution in [1.29, 1.82) is 0 Å². The van der Waals surface area contributed by atoms with E-state index in [-0.39, 0.29) is 12.1 Å². The minimum atomic E-state index is -0.487. The van der Waals surface area contributed by atoms with Crippen LogP contribution < -0.4 is 4.74 Å². The number of nitrogens with zero attached hydrogens (tertiary/aromatic N) is 2. The highest BCUT2D eigenvalue weighted by Crippen LogP contribution is 2.38. The Hall–Kier alpha value is -1.92. The van der Waals surface area contributed by atoms with E-state index in [1.54, 1.807) is 0 Å². The molecule has 0 unspecified atom stereocenters. The van der Waals surface area contributed by atoms with Gasteiger partial charge >= 0.3 is 0 Å². The summed E-state index contributed by atoms with van der Waals surface area (Å²) in [5.41, 5.74) is 2.73. The van der Waals surface area contributed by atoms with Crippen LogP contribution in [0, 0.1) is 0 Å². The van der Waals surface area contributed by atoms with Crippen LogP contribution in [0.3, 0.4) is 0 Å². The van der Waals surface area contributed by atoms with Crippen molar-refractivity contribution in [3.63, 3.8) is 0 Å². The predicted molar refractivity (Wildman–Crippen MR) is 111 cm³/mol. The molecule has 2 atom stereocenters. The Morgan fingerprint density at radius 1 is 1.18 bits per heavy atom. The van der Waals surface area contributed by atoms with Crippen LogP contribution in [0.2, 0.25) is 0 Å². The largest absolute Gasteiger partial charge is 0.494 e. The monoisotopic (exact) mass is 384 g/mol. The molecule has 152 valence electrons. The Labute approximate surface area is 168 Å². The van der Waals surface area contributed by atoms with Crippen molar-refractivity contribution in [2.45, 2.75) is 38.1 Å². The molecule has 3 rings (SSSR count). The molecular formula is C23H32N2O3. The van der Waals surface area contributed by atoms with Gasteiger partial charge in [0.15, 0.2) is 0 Å². The van der Waals surface area contributed by atoms with Crippen LogP contribution in [-0.2, 0) is 18.7 Å². The van der Waals surface area contributed by atoms with E-state index in [1.165, 1.54) is 0 Å². The summed E-state index contributed by atoms with van der Waals surface area (Å²) in [5, 5.41) is 20.8. The first kappa shape index (κ1) is 20.8. The molecule has 2 aromatic rings. The van der Waals surface area contributed by atoms with Crippen molar-refractivity contribution in [3.05, 3.63) is 65.2 Å². The molecule has 2 N–H and O–H groups in total. The van der Waals surface area contributed by atoms with E-state index < -0.39 is 6.10 Å². The third-order valence-corrected chi connectivity index (χ3v) is 5.86. The van der Waals surface area contributed by atoms with Gasteiger partial charge in [0.1, 0.15) is 5.75 Å². The van der Waals surface area contributed by atoms with Gasteiger partial charge in [-0.05, 0) is 50.7 Å². The normalized spacial score (nSPS) is 23.1. The number of hydrogen-bond acceptors (Lipinski definition) is 5. The molecule has 1 fully saturated rings. The highest BCUT2D eigenvalue weighted by atomic mass is 16.5. The lowest BCUT2D eigenvalue weighted by molar-refractivity contribution is -0.0702. The van der Waals surface area contributed by atoms with Crippen LogP contribution in [0.5, 0.6) is 5.75 Å². The van der Waals surface area contributed by atoms with Crippen LogP contribution in [0.1, 0.15) is 30.0 Å². The zero-order chi connectivity index (χ0) is 20.1. The molecular weight excluding hydrogens is 352 g/mol. The van der Waals surface area contributed by atoms with E-state index >= 15 is 0 Å². The highest BCUT2D eigenvalue weighted by Gasteiger charge is 2.45. The summed E-state index contributed by atoms with van der Waals surface area (Å²) < 4.78 is 5.57. The summed E-state index contributed by atoms with van der Waals surface area (Å²) in [6.45, 7) is 4.73. The quantitative estimate of drug-likeness (QED) is 0.769. The minimum Gasteiger partial charge on any atom is -0.494 e. The van der Waals surface area contributed by atoms with Gasteiger partial charge in [-0.2, -0.15) is 0 Å². The lowest BCUT2D eigenvalue weighted by Crippen LogP contribution is -2.59. The highest BCUT2D eigenvalue weighted by molar-refractivity contribution is 5.37. The summed E-state index contributed by atoms with van der Waals surface area (Å²) in [6, 6.07) is 16.3. The van der Waals surface area contributed by atoms with Gasteiger partial charge < -0.3 is 14.9 Å². The van der Waals surface area contributed by atoms with Gasteiger partial charge in [0.25, 0.3) is 0 Å². The Morgan fingerprint density at radius 3 is 2.54 bits per heavy atom. The molecule has 1 heterocycles. The minimum absolute atomic E-state index is 0.0381. The van der Waals surface area contributed by atoms with Gasteiger partial charge in [0.05, 0.1) is 24.9 Å². The molecule has 2 aromatic carbocycles. The van der Waals surface area contributed by atoms with E-state index in [0.717, 1.165) is 42.0 Å². The van der Waals surface area contributed by atoms with Crippen LogP contribution >= 0.6 is 0 Å². The van der Waals surface area contributed by atoms with Crippen molar-refractivity contribution in [1.82, 2.24) is 9.80 Å². The van der Waals surface area contributed by atoms with Gasteiger partial charge in [-0.25, -0.2) is 0 Å². The number of hydrogen-bond donors (Lipinski definition) is 2. The number of benzene rings is 2. The number of likely N-dealkylation sites (tertiary alicyclic amines) is 1. The number of rotatable bonds is 7. The Balaban J connectivity index is 1.75. The van der Waals surface area contributed by atoms with Crippen molar-refractivity contribution in [2.75, 3.05) is 33.8 Å². The maximum Gasteiger partial charge on any atom is 0.124 e. The van der Waals surface area contributed by atoms with Gasteiger partial charge in [0, 0.05) is 25.2 Å². The number of piperidine rings is 1. The molecule has 1 aliphatic rings. The first-order chi connectivity index (χ1) is 13.5. The van der Waals surface area contributed by atoms with Gasteiger partial charge in [-0.15, -0.1) is 0 Å². The smallest absolute Gasteiger partial charge is 0.124 e. The molecule has 0 amide bonds. The molecule has 1 saturated heterocycles. The molecule has 28 heavy (non-hydrogen) atoms. The van der Waals surface area contributed by atoms with E-state index in [4.69, 9.17) is 4.74 Å². The molecule has 1 aliphatic heterocycles. The second kappa shape index (κ2) is 9.05. The molecule has 0 bridgehead atoms. The van der Waals surface area contributed by atoms with Crippen LogP contribution in [0.25, 0.3) is 0 Å². The first-order valence-electron chi connectivity index (χ1n) is 10.00. The Kier molecular flexibility index (Phi) is 6.73. The molecule has 0 saturated carbocycles. The number of β-amino-alcohol motifs (C(OH)–C–C–N with tert-alkyl or cyclic N) is 1. The molecule has 0 spiro atoms. The van der Waals surface area contributed by atoms with Crippen molar-refractivity contribution in [3.8, 4) is 5.75 Å². The molecule has 0 aromatic heterocycles. The number of likely N-dealkylation sites (N-methyl/N-ethyl adjacent to an activating group) is 1. The summed E-state index contributed by atoms with van der Waals surface area (Å²) in [7, 11) is 4.09. The second-order valence-electron chi connectivity index (χ2n) is 7.72. The standard InChI is InChI=1S/C23H32N2O3/c1-4-28-21-11-10-18(14-19(21)17-26)15-25-13-12-23(24(2)3,22(27)16-25)20-8-6-5-7-9-20/h5-11,14,22,26-27H,4,12-13,15-17H2,1-3H3/t22-,23+/m1/s1. The van der Waals surface area contributed by atoms with Crippen LogP contribution in [0.15, 0.2) is 48.5 Å². The summed E-state index contributed by atoms with van der Waals surface area (Å²) in [4.78, 5) is 4.44. The SMILES string of the molecule is CCOc1ccc(CN2CC[C@@](c3ccccc3)(N(C)C)[C@H](O)C2)cc1CO. The van der Waals surface area contributed by atoms with Gasteiger partial charge in [-0.3, -0.25) is 9.80 Å². The number of aliphatic hydroxyl groups excluding tert-OH is 2. The van der Waals surface area contributed by atoms with E-state index in [0.29, 0.717) is 13.2 Å². The van der Waals surface area contributed by atoms with Crippen LogP contribution in [-0.4, -0.2) is 59.9 Å². The zero-order valence-electron chi connectivity index (χ0n) is 17.1. The fraction of sp³-hybridized carbons (Fsp3) is 0.478. The van der Waals surface area contributed by atoms with Crippen molar-refractivity contribution in [2.24, 2.45) is 0 Å². The van der Waals surface area contributed by atoms with E-state index in [2.05, 4.69) is 21.9 Å². The first-order valence-corrected chi connectivity index (χ1v) is 10.00. The van der Waals surface area contributed by atoms with Crippen molar-refractivity contribution >= 4 is 0 Å². The average molecular weight is 385 g/mol. The molecule has 5 nitrogen and oxygen atoms in total. The van der Waals surface area contributed by atoms with Gasteiger partial charge in [-0.1, -0.05) is 36.4 Å². The lowest BCUT2D eigenvalue weighted by Gasteiger charge is -2.50. The average Bonchev–Trinajstić information content (AvgIpc) is 2.70. The number of ether oxygens (including phenoxy) is 1. The van der Waals surface area contributed by atoms with E-state index in [1.807, 2.05) is 57.4 Å². The Bertz CT molecular complexity index is 766. The third-order valence-electron chi connectivity index (χ3n) is 5.86. The summed E-state index contributed by atoms with van der Waals surface area (Å²) >= 11 is 0. The zero-order valence-corrected chi connectivity index (χ0v) is 17.1. The summed E-state index contributed by atoms with van der Waals surface area (Å²) in [6.07, 6.45) is 0.369. The fourth-order valence-electron chi connectivity index (χ4n) is 4.38. The van der Waals surface area contributed by atoms with Crippen molar-refractivity contribution < 1.29 is 14.9 Å². The fourth-order valence-corrected chi connectivity index (χ4v) is 4.38. The van der Waals surface area contributed by atoms with Crippen LogP contribution in [0.4, 0.5) is 0 Å². The maximum atomic E-state index is 11.2. The predicted octanol–water partition coefficient (Wildman–Crippen LogP) is 2.60. The molecule has 5 heteroatoms. The second-order valence-corrected chi connectivity index (χ2v) is 7.72. The maximum absolute atomic E-state index is 11.2. The molecule has 0 radical (unpaired) electrons. The molecule has 0 aliphatic carbocycles. The Morgan fingerprint density at radius 2 is 1.93 bits per heavy atom. The third kappa shape index (κ3) is 4.08.